The van der Waals surface area contributed by atoms with Crippen LogP contribution in [-0.4, -0.2) is 37.5 Å². The van der Waals surface area contributed by atoms with Crippen LogP contribution in [-0.2, 0) is 19.4 Å². The van der Waals surface area contributed by atoms with Gasteiger partial charge in [-0.3, -0.25) is 15.0 Å². The first-order valence-corrected chi connectivity index (χ1v) is 14.6. The fraction of sp³-hybridized carbons (Fsp3) is 0.240. The Morgan fingerprint density at radius 3 is 2.47 bits per heavy atom. The van der Waals surface area contributed by atoms with E-state index in [1.54, 1.807) is 36.6 Å². The Balaban J connectivity index is 1.95. The molecule has 0 atom stereocenters. The van der Waals surface area contributed by atoms with Crippen molar-refractivity contribution in [3.8, 4) is 11.1 Å². The summed E-state index contributed by atoms with van der Waals surface area (Å²) in [6, 6.07) is 13.4. The van der Waals surface area contributed by atoms with Gasteiger partial charge in [0.15, 0.2) is 0 Å². The van der Waals surface area contributed by atoms with Gasteiger partial charge in [-0.2, -0.15) is 0 Å². The minimum atomic E-state index is -3.89. The largest absolute Gasteiger partial charge is 0.481 e. The van der Waals surface area contributed by atoms with Crippen LogP contribution in [0.25, 0.3) is 11.1 Å². The number of hydrogen-bond donors (Lipinski definition) is 4. The van der Waals surface area contributed by atoms with Crippen LogP contribution in [0, 0.1) is 12.3 Å². The van der Waals surface area contributed by atoms with E-state index in [4.69, 9.17) is 16.2 Å². The third-order valence-electron chi connectivity index (χ3n) is 5.43. The lowest BCUT2D eigenvalue weighted by molar-refractivity contribution is -0.137. The maximum Gasteiger partial charge on any atom is 0.303 e. The van der Waals surface area contributed by atoms with Gasteiger partial charge < -0.3 is 16.2 Å². The van der Waals surface area contributed by atoms with Crippen LogP contribution in [0.5, 0.6) is 0 Å². The smallest absolute Gasteiger partial charge is 0.303 e. The number of amides is 1. The van der Waals surface area contributed by atoms with E-state index >= 15 is 0 Å². The van der Waals surface area contributed by atoms with Crippen molar-refractivity contribution < 1.29 is 23.1 Å². The fourth-order valence-electron chi connectivity index (χ4n) is 3.70. The predicted octanol–water partition coefficient (Wildman–Crippen LogP) is 5.15. The number of nitrogen functional groups attached to an aromatic ring is 1. The van der Waals surface area contributed by atoms with Crippen molar-refractivity contribution in [2.45, 2.75) is 46.6 Å². The highest BCUT2D eigenvalue weighted by Crippen LogP contribution is 2.39. The molecule has 0 radical (unpaired) electrons. The van der Waals surface area contributed by atoms with Crippen molar-refractivity contribution in [1.82, 2.24) is 0 Å². The Morgan fingerprint density at radius 1 is 1.11 bits per heavy atom. The van der Waals surface area contributed by atoms with Gasteiger partial charge in [-0.25, -0.2) is 8.42 Å². The topological polar surface area (TPSA) is 150 Å². The molecule has 1 aromatic heterocycles. The number of anilines is 1. The molecule has 0 aliphatic rings. The summed E-state index contributed by atoms with van der Waals surface area (Å²) in [4.78, 5) is 23.8. The molecule has 3 rings (SSSR count). The van der Waals surface area contributed by atoms with Gasteiger partial charge in [0.1, 0.15) is 5.84 Å². The molecular formula is C25H27N3O5S3. The summed E-state index contributed by atoms with van der Waals surface area (Å²) in [5.41, 5.74) is 8.32. The lowest BCUT2D eigenvalue weighted by atomic mass is 9.98. The predicted molar refractivity (Wildman–Crippen MR) is 144 cm³/mol. The second kappa shape index (κ2) is 11.7. The van der Waals surface area contributed by atoms with Crippen LogP contribution in [0.4, 0.5) is 5.69 Å². The Labute approximate surface area is 218 Å². The summed E-state index contributed by atoms with van der Waals surface area (Å²) >= 11 is 2.45. The molecule has 190 valence electrons. The number of carboxylic acids is 1. The molecule has 0 aliphatic carbocycles. The number of nitrogens with two attached hydrogens (primary N) is 1. The molecule has 0 saturated heterocycles. The number of sulfone groups is 1. The zero-order valence-corrected chi connectivity index (χ0v) is 22.3. The molecule has 5 N–H and O–H groups in total. The summed E-state index contributed by atoms with van der Waals surface area (Å²) in [6.45, 7) is 1.88. The molecule has 0 aliphatic heterocycles. The number of rotatable bonds is 11. The van der Waals surface area contributed by atoms with Crippen LogP contribution in [0.2, 0.25) is 0 Å². The van der Waals surface area contributed by atoms with Gasteiger partial charge in [-0.15, -0.1) is 23.1 Å². The Morgan fingerprint density at radius 2 is 1.81 bits per heavy atom. The van der Waals surface area contributed by atoms with E-state index in [0.29, 0.717) is 38.7 Å². The van der Waals surface area contributed by atoms with E-state index in [1.165, 1.54) is 35.2 Å². The van der Waals surface area contributed by atoms with Crippen molar-refractivity contribution in [3.05, 3.63) is 59.0 Å². The van der Waals surface area contributed by atoms with Gasteiger partial charge >= 0.3 is 5.97 Å². The SMILES string of the molecule is CSc1sc(C(=N)N)cc1S(=O)(=O)c1cccc(-c2c(C)cccc2NC(=O)CCCCC(=O)O)c1. The summed E-state index contributed by atoms with van der Waals surface area (Å²) < 4.78 is 27.6. The van der Waals surface area contributed by atoms with Crippen molar-refractivity contribution >= 4 is 56.3 Å². The number of thioether (sulfide) groups is 1. The van der Waals surface area contributed by atoms with Crippen molar-refractivity contribution in [1.29, 1.82) is 5.41 Å². The lowest BCUT2D eigenvalue weighted by Gasteiger charge is -2.15. The van der Waals surface area contributed by atoms with Gasteiger partial charge in [0.05, 0.1) is 18.9 Å². The standard InChI is InChI=1S/C25H27N3O5S3/c1-15-7-5-10-18(28-21(29)11-3-4-12-22(30)31)23(15)16-8-6-9-17(13-16)36(32,33)20-14-19(24(26)27)35-25(20)34-2/h5-10,13-14H,3-4,11-12H2,1-2H3,(H3,26,27)(H,28,29)(H,30,31). The molecular weight excluding hydrogens is 518 g/mol. The van der Waals surface area contributed by atoms with E-state index in [9.17, 15) is 18.0 Å². The van der Waals surface area contributed by atoms with Crippen molar-refractivity contribution in [2.75, 3.05) is 11.6 Å². The minimum absolute atomic E-state index is 0.0144. The molecule has 36 heavy (non-hydrogen) atoms. The molecule has 8 nitrogen and oxygen atoms in total. The number of unbranched alkanes of at least 4 members (excludes halogenated alkanes) is 1. The quantitative estimate of drug-likeness (QED) is 0.113. The van der Waals surface area contributed by atoms with E-state index in [0.717, 1.165) is 5.56 Å². The van der Waals surface area contributed by atoms with Crippen molar-refractivity contribution in [2.24, 2.45) is 5.73 Å². The molecule has 1 amide bonds. The average Bonchev–Trinajstić information content (AvgIpc) is 3.28. The molecule has 0 fully saturated rings. The fourth-order valence-corrected chi connectivity index (χ4v) is 7.60. The Bertz CT molecular complexity index is 1410. The zero-order valence-electron chi connectivity index (χ0n) is 19.8. The number of carbonyl (C=O) groups excluding carboxylic acids is 1. The molecule has 0 saturated carbocycles. The van der Waals surface area contributed by atoms with E-state index < -0.39 is 15.8 Å². The highest BCUT2D eigenvalue weighted by molar-refractivity contribution is 8.01. The van der Waals surface area contributed by atoms with Gasteiger partial charge in [-0.05, 0) is 61.4 Å². The normalized spacial score (nSPS) is 11.3. The maximum absolute atomic E-state index is 13.5. The second-order valence-corrected chi connectivity index (χ2v) is 12.1. The summed E-state index contributed by atoms with van der Waals surface area (Å²) in [6.07, 6.45) is 2.84. The number of carboxylic acid groups (broad SMARTS) is 1. The van der Waals surface area contributed by atoms with Crippen LogP contribution in [0.15, 0.2) is 62.5 Å². The van der Waals surface area contributed by atoms with Crippen LogP contribution >= 0.6 is 23.1 Å². The number of carbonyl (C=O) groups is 2. The second-order valence-electron chi connectivity index (χ2n) is 8.06. The third kappa shape index (κ3) is 6.34. The van der Waals surface area contributed by atoms with Gasteiger partial charge in [-0.1, -0.05) is 24.3 Å². The summed E-state index contributed by atoms with van der Waals surface area (Å²) in [5.74, 6) is -1.32. The molecule has 0 unspecified atom stereocenters. The molecule has 3 aromatic rings. The van der Waals surface area contributed by atoms with E-state index in [2.05, 4.69) is 5.32 Å². The molecule has 11 heteroatoms. The van der Waals surface area contributed by atoms with Crippen LogP contribution in [0.3, 0.4) is 0 Å². The van der Waals surface area contributed by atoms with Gasteiger partial charge in [0.25, 0.3) is 0 Å². The number of aliphatic carboxylic acids is 1. The van der Waals surface area contributed by atoms with Gasteiger partial charge in [0, 0.05) is 24.1 Å². The number of nitrogens with one attached hydrogen (secondary N) is 2. The van der Waals surface area contributed by atoms with E-state index in [1.807, 2.05) is 13.0 Å². The Kier molecular flexibility index (Phi) is 8.93. The molecule has 2 aromatic carbocycles. The number of thiophene rings is 1. The average molecular weight is 546 g/mol. The highest BCUT2D eigenvalue weighted by Gasteiger charge is 2.25. The first-order valence-electron chi connectivity index (χ1n) is 11.0. The number of amidine groups is 1. The van der Waals surface area contributed by atoms with Crippen LogP contribution in [0.1, 0.15) is 36.1 Å². The summed E-state index contributed by atoms with van der Waals surface area (Å²) in [7, 11) is -3.89. The third-order valence-corrected chi connectivity index (χ3v) is 9.77. The first kappa shape index (κ1) is 27.4. The molecule has 0 spiro atoms. The number of aryl methyl sites for hydroxylation is 1. The lowest BCUT2D eigenvalue weighted by Crippen LogP contribution is -2.12. The van der Waals surface area contributed by atoms with E-state index in [-0.39, 0.29) is 34.4 Å². The van der Waals surface area contributed by atoms with Crippen LogP contribution < -0.4 is 11.1 Å². The summed E-state index contributed by atoms with van der Waals surface area (Å²) in [5, 5.41) is 19.3. The van der Waals surface area contributed by atoms with Crippen molar-refractivity contribution in [3.63, 3.8) is 0 Å². The number of hydrogen-bond acceptors (Lipinski definition) is 7. The van der Waals surface area contributed by atoms with Gasteiger partial charge in [0.2, 0.25) is 15.7 Å². The monoisotopic (exact) mass is 545 g/mol. The number of benzene rings is 2. The zero-order chi connectivity index (χ0) is 26.5. The molecule has 1 heterocycles. The maximum atomic E-state index is 13.5. The minimum Gasteiger partial charge on any atom is -0.481 e. The first-order chi connectivity index (χ1) is 17.0. The molecule has 0 bridgehead atoms. The highest BCUT2D eigenvalue weighted by atomic mass is 32.2. The Hall–Kier alpha value is -3.15.